The minimum atomic E-state index is -1.17. The van der Waals surface area contributed by atoms with E-state index < -0.39 is 40.7 Å². The Balaban J connectivity index is 2.03. The lowest BCUT2D eigenvalue weighted by molar-refractivity contribution is -0.265. The summed E-state index contributed by atoms with van der Waals surface area (Å²) >= 11 is 0. The maximum atomic E-state index is 12.8. The highest BCUT2D eigenvalue weighted by molar-refractivity contribution is 5.79. The molecule has 0 amide bonds. The molecule has 2 heterocycles. The molecular weight excluding hydrogens is 322 g/mol. The summed E-state index contributed by atoms with van der Waals surface area (Å²) in [5, 5.41) is 20.7. The average Bonchev–Trinajstić information content (AvgIpc) is 3.06. The van der Waals surface area contributed by atoms with Crippen LogP contribution in [0.2, 0.25) is 0 Å². The van der Waals surface area contributed by atoms with Gasteiger partial charge in [-0.3, -0.25) is 4.79 Å². The van der Waals surface area contributed by atoms with Crippen molar-refractivity contribution < 1.29 is 24.1 Å². The monoisotopic (exact) mass is 349 g/mol. The van der Waals surface area contributed by atoms with Crippen molar-refractivity contribution in [1.82, 2.24) is 0 Å². The van der Waals surface area contributed by atoms with Crippen LogP contribution in [0.3, 0.4) is 0 Å². The van der Waals surface area contributed by atoms with Gasteiger partial charge >= 0.3 is 5.97 Å². The lowest BCUT2D eigenvalue weighted by Crippen LogP contribution is -2.73. The molecule has 3 aliphatic rings. The molecule has 1 N–H and O–H groups in total. The minimum Gasteiger partial charge on any atom is -0.454 e. The van der Waals surface area contributed by atoms with Crippen molar-refractivity contribution in [1.29, 1.82) is 5.26 Å². The first-order chi connectivity index (χ1) is 11.7. The van der Waals surface area contributed by atoms with Crippen LogP contribution in [-0.4, -0.2) is 48.2 Å². The second kappa shape index (κ2) is 5.80. The molecule has 0 unspecified atom stereocenters. The van der Waals surface area contributed by atoms with Crippen LogP contribution in [0.5, 0.6) is 0 Å². The van der Waals surface area contributed by atoms with Crippen molar-refractivity contribution in [2.45, 2.75) is 57.0 Å². The molecule has 0 aromatic rings. The topological polar surface area (TPSA) is 88.8 Å². The number of esters is 1. The molecule has 0 aromatic heterocycles. The molecule has 0 radical (unpaired) electrons. The minimum absolute atomic E-state index is 0.216. The molecule has 0 bridgehead atoms. The molecule has 2 aliphatic heterocycles. The molecular formula is C19H27NO5. The van der Waals surface area contributed by atoms with E-state index in [1.807, 2.05) is 20.8 Å². The molecule has 6 nitrogen and oxygen atoms in total. The predicted octanol–water partition coefficient (Wildman–Crippen LogP) is 1.82. The molecule has 138 valence electrons. The lowest BCUT2D eigenvalue weighted by atomic mass is 9.44. The third kappa shape index (κ3) is 2.16. The number of rotatable bonds is 5. The summed E-state index contributed by atoms with van der Waals surface area (Å²) in [7, 11) is 1.46. The third-order valence-electron chi connectivity index (χ3n) is 6.46. The first-order valence-corrected chi connectivity index (χ1v) is 8.81. The normalized spacial score (nSPS) is 44.2. The molecule has 1 aliphatic carbocycles. The number of nitrogens with zero attached hydrogens (tertiary/aromatic N) is 1. The van der Waals surface area contributed by atoms with E-state index in [-0.39, 0.29) is 11.8 Å². The molecule has 3 rings (SSSR count). The van der Waals surface area contributed by atoms with Crippen molar-refractivity contribution in [2.24, 2.45) is 23.2 Å². The standard InChI is InChI=1S/C19H27NO5/c1-6-13(23-5)15(21)14-12-8-17(3,4)19(12,25-16(14)22)18(10-20)7-11(2)9-24-18/h6,11-15,21H,1,7-9H2,2-5H3/t11-,12-,13-,14+,15+,18+,19+/m0/s1. The van der Waals surface area contributed by atoms with E-state index in [1.165, 1.54) is 13.2 Å². The van der Waals surface area contributed by atoms with Crippen molar-refractivity contribution >= 4 is 5.97 Å². The number of carbonyl (C=O) groups is 1. The van der Waals surface area contributed by atoms with Gasteiger partial charge in [0.25, 0.3) is 0 Å². The Morgan fingerprint density at radius 1 is 1.48 bits per heavy atom. The lowest BCUT2D eigenvalue weighted by Gasteiger charge is -2.62. The van der Waals surface area contributed by atoms with Crippen LogP contribution in [0.15, 0.2) is 12.7 Å². The van der Waals surface area contributed by atoms with Gasteiger partial charge in [0, 0.05) is 18.4 Å². The fourth-order valence-corrected chi connectivity index (χ4v) is 5.40. The Labute approximate surface area is 148 Å². The molecule has 3 fully saturated rings. The van der Waals surface area contributed by atoms with Crippen molar-refractivity contribution in [2.75, 3.05) is 13.7 Å². The maximum absolute atomic E-state index is 12.8. The van der Waals surface area contributed by atoms with Gasteiger partial charge in [0.1, 0.15) is 12.2 Å². The summed E-state index contributed by atoms with van der Waals surface area (Å²) in [6.45, 7) is 10.2. The van der Waals surface area contributed by atoms with E-state index in [9.17, 15) is 15.2 Å². The summed E-state index contributed by atoms with van der Waals surface area (Å²) in [4.78, 5) is 12.8. The number of aliphatic hydroxyl groups excluding tert-OH is 1. The molecule has 0 spiro atoms. The Morgan fingerprint density at radius 3 is 2.60 bits per heavy atom. The van der Waals surface area contributed by atoms with Crippen LogP contribution in [-0.2, 0) is 19.0 Å². The van der Waals surface area contributed by atoms with Gasteiger partial charge in [-0.25, -0.2) is 0 Å². The van der Waals surface area contributed by atoms with Crippen molar-refractivity contribution in [3.63, 3.8) is 0 Å². The SMILES string of the molecule is C=C[C@H](OC)[C@@H](O)[C@@H]1C(=O)O[C@]2([C@]3(C#N)C[C@H](C)CO3)[C@H]1CC2(C)C. The van der Waals surface area contributed by atoms with Crippen LogP contribution in [0.4, 0.5) is 0 Å². The van der Waals surface area contributed by atoms with Gasteiger partial charge in [-0.2, -0.15) is 5.26 Å². The molecule has 25 heavy (non-hydrogen) atoms. The van der Waals surface area contributed by atoms with Gasteiger partial charge in [0.2, 0.25) is 0 Å². The highest BCUT2D eigenvalue weighted by Crippen LogP contribution is 2.69. The van der Waals surface area contributed by atoms with E-state index in [0.29, 0.717) is 19.4 Å². The highest BCUT2D eigenvalue weighted by Gasteiger charge is 2.81. The Hall–Kier alpha value is -1.42. The molecule has 6 heteroatoms. The number of hydrogen-bond donors (Lipinski definition) is 1. The van der Waals surface area contributed by atoms with Crippen LogP contribution in [0, 0.1) is 34.5 Å². The number of methoxy groups -OCH3 is 1. The summed E-state index contributed by atoms with van der Waals surface area (Å²) in [6, 6.07) is 2.33. The zero-order valence-electron chi connectivity index (χ0n) is 15.3. The largest absolute Gasteiger partial charge is 0.454 e. The zero-order chi connectivity index (χ0) is 18.6. The number of carbonyl (C=O) groups excluding carboxylic acids is 1. The Morgan fingerprint density at radius 2 is 2.16 bits per heavy atom. The van der Waals surface area contributed by atoms with Gasteiger partial charge < -0.3 is 19.3 Å². The number of nitriles is 1. The molecule has 1 saturated carbocycles. The fraction of sp³-hybridized carbons (Fsp3) is 0.789. The molecule has 7 atom stereocenters. The third-order valence-corrected chi connectivity index (χ3v) is 6.46. The van der Waals surface area contributed by atoms with Crippen molar-refractivity contribution in [3.05, 3.63) is 12.7 Å². The quantitative estimate of drug-likeness (QED) is 0.602. The highest BCUT2D eigenvalue weighted by atomic mass is 16.6. The van der Waals surface area contributed by atoms with Crippen LogP contribution < -0.4 is 0 Å². The molecule has 0 aromatic carbocycles. The van der Waals surface area contributed by atoms with Crippen LogP contribution in [0.1, 0.15) is 33.6 Å². The van der Waals surface area contributed by atoms with Crippen LogP contribution >= 0.6 is 0 Å². The number of ether oxygens (including phenoxy) is 3. The van der Waals surface area contributed by atoms with E-state index in [0.717, 1.165) is 0 Å². The summed E-state index contributed by atoms with van der Waals surface area (Å²) in [5.41, 5.74) is -2.61. The van der Waals surface area contributed by atoms with Gasteiger partial charge in [-0.15, -0.1) is 6.58 Å². The predicted molar refractivity (Wildman–Crippen MR) is 89.3 cm³/mol. The fourth-order valence-electron chi connectivity index (χ4n) is 5.40. The second-order valence-corrected chi connectivity index (χ2v) is 8.36. The van der Waals surface area contributed by atoms with E-state index >= 15 is 0 Å². The summed E-state index contributed by atoms with van der Waals surface area (Å²) < 4.78 is 17.1. The Kier molecular flexibility index (Phi) is 4.26. The first kappa shape index (κ1) is 18.4. The number of aliphatic hydroxyl groups is 1. The summed E-state index contributed by atoms with van der Waals surface area (Å²) in [5.74, 6) is -1.30. The number of fused-ring (bicyclic) bond motifs is 1. The van der Waals surface area contributed by atoms with Gasteiger partial charge in [-0.05, 0) is 18.8 Å². The zero-order valence-corrected chi connectivity index (χ0v) is 15.3. The van der Waals surface area contributed by atoms with Gasteiger partial charge in [0.15, 0.2) is 11.2 Å². The van der Waals surface area contributed by atoms with E-state index in [2.05, 4.69) is 12.6 Å². The van der Waals surface area contributed by atoms with Gasteiger partial charge in [0.05, 0.1) is 18.6 Å². The maximum Gasteiger partial charge on any atom is 0.312 e. The molecule has 2 saturated heterocycles. The van der Waals surface area contributed by atoms with Crippen molar-refractivity contribution in [3.8, 4) is 6.07 Å². The first-order valence-electron chi connectivity index (χ1n) is 8.81. The number of hydrogen-bond acceptors (Lipinski definition) is 6. The van der Waals surface area contributed by atoms with Gasteiger partial charge in [-0.1, -0.05) is 26.8 Å². The smallest absolute Gasteiger partial charge is 0.312 e. The second-order valence-electron chi connectivity index (χ2n) is 8.36. The van der Waals surface area contributed by atoms with Crippen LogP contribution in [0.25, 0.3) is 0 Å². The Bertz CT molecular complexity index is 626. The summed E-state index contributed by atoms with van der Waals surface area (Å²) in [6.07, 6.45) is 0.950. The van der Waals surface area contributed by atoms with E-state index in [4.69, 9.17) is 14.2 Å². The van der Waals surface area contributed by atoms with E-state index in [1.54, 1.807) is 0 Å². The average molecular weight is 349 g/mol.